The first-order chi connectivity index (χ1) is 12.5. The lowest BCUT2D eigenvalue weighted by atomic mass is 10.1. The topological polar surface area (TPSA) is 77.1 Å². The SMILES string of the molecule is Cc1ccc2oc(=O)c3cnn(CC(=O)Nc4ccccc4F)c3c2c1. The lowest BCUT2D eigenvalue weighted by molar-refractivity contribution is -0.116. The number of aryl methyl sites for hydroxylation is 1. The number of carbonyl (C=O) groups excluding carboxylic acids is 1. The van der Waals surface area contributed by atoms with Crippen molar-refractivity contribution in [1.82, 2.24) is 9.78 Å². The molecule has 0 saturated heterocycles. The van der Waals surface area contributed by atoms with Crippen molar-refractivity contribution in [2.24, 2.45) is 0 Å². The highest BCUT2D eigenvalue weighted by atomic mass is 19.1. The Labute approximate surface area is 146 Å². The minimum absolute atomic E-state index is 0.0918. The number of hydrogen-bond donors (Lipinski definition) is 1. The first kappa shape index (κ1) is 16.0. The fourth-order valence-electron chi connectivity index (χ4n) is 2.90. The molecule has 1 amide bonds. The fraction of sp³-hybridized carbons (Fsp3) is 0.105. The van der Waals surface area contributed by atoms with Gasteiger partial charge in [0, 0.05) is 5.39 Å². The van der Waals surface area contributed by atoms with Gasteiger partial charge in [-0.15, -0.1) is 0 Å². The summed E-state index contributed by atoms with van der Waals surface area (Å²) in [6, 6.07) is 11.3. The van der Waals surface area contributed by atoms with E-state index < -0.39 is 17.3 Å². The number of nitrogens with zero attached hydrogens (tertiary/aromatic N) is 2. The zero-order valence-corrected chi connectivity index (χ0v) is 13.8. The number of nitrogens with one attached hydrogen (secondary N) is 1. The number of aromatic nitrogens is 2. The Bertz CT molecular complexity index is 1210. The molecule has 4 aromatic rings. The van der Waals surface area contributed by atoms with Gasteiger partial charge in [0.25, 0.3) is 0 Å². The number of fused-ring (bicyclic) bond motifs is 3. The van der Waals surface area contributed by atoms with Gasteiger partial charge in [-0.05, 0) is 31.2 Å². The minimum atomic E-state index is -0.520. The molecular weight excluding hydrogens is 337 g/mol. The Kier molecular flexibility index (Phi) is 3.76. The third-order valence-electron chi connectivity index (χ3n) is 4.09. The largest absolute Gasteiger partial charge is 0.422 e. The van der Waals surface area contributed by atoms with Crippen LogP contribution in [0.1, 0.15) is 5.56 Å². The van der Waals surface area contributed by atoms with Crippen LogP contribution in [-0.4, -0.2) is 15.7 Å². The van der Waals surface area contributed by atoms with Crippen molar-refractivity contribution >= 4 is 33.5 Å². The molecule has 0 aliphatic carbocycles. The van der Waals surface area contributed by atoms with E-state index in [1.54, 1.807) is 18.2 Å². The lowest BCUT2D eigenvalue weighted by Crippen LogP contribution is -2.20. The van der Waals surface area contributed by atoms with Gasteiger partial charge in [-0.25, -0.2) is 9.18 Å². The van der Waals surface area contributed by atoms with Crippen LogP contribution < -0.4 is 10.9 Å². The van der Waals surface area contributed by atoms with Gasteiger partial charge in [-0.1, -0.05) is 23.8 Å². The zero-order chi connectivity index (χ0) is 18.3. The van der Waals surface area contributed by atoms with Gasteiger partial charge in [-0.3, -0.25) is 9.48 Å². The summed E-state index contributed by atoms with van der Waals surface area (Å²) in [5.74, 6) is -0.970. The first-order valence-corrected chi connectivity index (χ1v) is 7.96. The predicted octanol–water partition coefficient (Wildman–Crippen LogP) is 3.23. The van der Waals surface area contributed by atoms with Crippen molar-refractivity contribution in [3.63, 3.8) is 0 Å². The number of anilines is 1. The van der Waals surface area contributed by atoms with E-state index in [1.807, 2.05) is 19.1 Å². The highest BCUT2D eigenvalue weighted by Crippen LogP contribution is 2.24. The van der Waals surface area contributed by atoms with E-state index in [0.29, 0.717) is 21.9 Å². The molecule has 0 bridgehead atoms. The molecule has 2 aromatic heterocycles. The van der Waals surface area contributed by atoms with Crippen molar-refractivity contribution < 1.29 is 13.6 Å². The summed E-state index contributed by atoms with van der Waals surface area (Å²) in [5.41, 5.74) is 1.50. The van der Waals surface area contributed by atoms with Gasteiger partial charge in [0.2, 0.25) is 5.91 Å². The maximum atomic E-state index is 13.7. The summed E-state index contributed by atoms with van der Waals surface area (Å²) < 4.78 is 20.4. The van der Waals surface area contributed by atoms with Crippen LogP contribution in [0.15, 0.2) is 57.9 Å². The Morgan fingerprint density at radius 2 is 2.04 bits per heavy atom. The molecule has 0 aliphatic rings. The fourth-order valence-corrected chi connectivity index (χ4v) is 2.90. The average molecular weight is 351 g/mol. The predicted molar refractivity (Wildman–Crippen MR) is 95.5 cm³/mol. The van der Waals surface area contributed by atoms with Gasteiger partial charge in [0.05, 0.1) is 17.4 Å². The van der Waals surface area contributed by atoms with Crippen LogP contribution in [0.2, 0.25) is 0 Å². The molecular formula is C19H14FN3O3. The molecule has 130 valence electrons. The summed E-state index contributed by atoms with van der Waals surface area (Å²) in [7, 11) is 0. The molecule has 0 fully saturated rings. The summed E-state index contributed by atoms with van der Waals surface area (Å²) in [6.07, 6.45) is 1.37. The van der Waals surface area contributed by atoms with E-state index in [4.69, 9.17) is 4.42 Å². The van der Waals surface area contributed by atoms with Crippen LogP contribution in [0.4, 0.5) is 10.1 Å². The quantitative estimate of drug-likeness (QED) is 0.575. The molecule has 1 N–H and O–H groups in total. The van der Waals surface area contributed by atoms with E-state index in [0.717, 1.165) is 5.56 Å². The maximum Gasteiger partial charge on any atom is 0.347 e. The van der Waals surface area contributed by atoms with E-state index in [2.05, 4.69) is 10.4 Å². The highest BCUT2D eigenvalue weighted by Gasteiger charge is 2.16. The number of rotatable bonds is 3. The van der Waals surface area contributed by atoms with E-state index >= 15 is 0 Å². The smallest absolute Gasteiger partial charge is 0.347 e. The van der Waals surface area contributed by atoms with Crippen molar-refractivity contribution in [2.75, 3.05) is 5.32 Å². The van der Waals surface area contributed by atoms with Gasteiger partial charge >= 0.3 is 5.63 Å². The highest BCUT2D eigenvalue weighted by molar-refractivity contribution is 6.03. The van der Waals surface area contributed by atoms with Crippen molar-refractivity contribution in [2.45, 2.75) is 13.5 Å². The summed E-state index contributed by atoms with van der Waals surface area (Å²) in [5, 5.41) is 7.64. The maximum absolute atomic E-state index is 13.7. The monoisotopic (exact) mass is 351 g/mol. The normalized spacial score (nSPS) is 11.2. The second kappa shape index (κ2) is 6.11. The van der Waals surface area contributed by atoms with E-state index in [9.17, 15) is 14.0 Å². The van der Waals surface area contributed by atoms with Gasteiger partial charge in [0.1, 0.15) is 23.3 Å². The minimum Gasteiger partial charge on any atom is -0.422 e. The van der Waals surface area contributed by atoms with Gasteiger partial charge in [-0.2, -0.15) is 5.10 Å². The Morgan fingerprint density at radius 1 is 1.23 bits per heavy atom. The molecule has 0 unspecified atom stereocenters. The molecule has 0 aliphatic heterocycles. The second-order valence-electron chi connectivity index (χ2n) is 5.98. The van der Waals surface area contributed by atoms with Crippen LogP contribution in [0.5, 0.6) is 0 Å². The van der Waals surface area contributed by atoms with Crippen LogP contribution in [0.3, 0.4) is 0 Å². The van der Waals surface area contributed by atoms with Crippen LogP contribution in [-0.2, 0) is 11.3 Å². The van der Waals surface area contributed by atoms with Gasteiger partial charge < -0.3 is 9.73 Å². The Morgan fingerprint density at radius 3 is 2.85 bits per heavy atom. The molecule has 7 heteroatoms. The Hall–Kier alpha value is -3.48. The third kappa shape index (κ3) is 2.73. The average Bonchev–Trinajstić information content (AvgIpc) is 3.02. The molecule has 2 aromatic carbocycles. The number of halogens is 1. The molecule has 6 nitrogen and oxygen atoms in total. The summed E-state index contributed by atoms with van der Waals surface area (Å²) in [6.45, 7) is 1.76. The molecule has 0 atom stereocenters. The second-order valence-corrected chi connectivity index (χ2v) is 5.98. The molecule has 2 heterocycles. The lowest BCUT2D eigenvalue weighted by Gasteiger charge is -2.08. The molecule has 4 rings (SSSR count). The zero-order valence-electron chi connectivity index (χ0n) is 13.8. The third-order valence-corrected chi connectivity index (χ3v) is 4.09. The van der Waals surface area contributed by atoms with Gasteiger partial charge in [0.15, 0.2) is 0 Å². The van der Waals surface area contributed by atoms with Crippen molar-refractivity contribution in [3.05, 3.63) is 70.5 Å². The molecule has 0 saturated carbocycles. The Balaban J connectivity index is 1.76. The summed E-state index contributed by atoms with van der Waals surface area (Å²) in [4.78, 5) is 24.5. The number of amides is 1. The molecule has 26 heavy (non-hydrogen) atoms. The van der Waals surface area contributed by atoms with Crippen LogP contribution in [0, 0.1) is 12.7 Å². The van der Waals surface area contributed by atoms with Crippen molar-refractivity contribution in [3.8, 4) is 0 Å². The first-order valence-electron chi connectivity index (χ1n) is 7.96. The van der Waals surface area contributed by atoms with Crippen molar-refractivity contribution in [1.29, 1.82) is 0 Å². The summed E-state index contributed by atoms with van der Waals surface area (Å²) >= 11 is 0. The molecule has 0 radical (unpaired) electrons. The van der Waals surface area contributed by atoms with Crippen LogP contribution in [0.25, 0.3) is 21.9 Å². The number of hydrogen-bond acceptors (Lipinski definition) is 4. The number of para-hydroxylation sites is 1. The molecule has 0 spiro atoms. The van der Waals surface area contributed by atoms with E-state index in [1.165, 1.54) is 23.0 Å². The van der Waals surface area contributed by atoms with E-state index in [-0.39, 0.29) is 12.2 Å². The van der Waals surface area contributed by atoms with Crippen LogP contribution >= 0.6 is 0 Å². The standard InChI is InChI=1S/C19H14FN3O3/c1-11-6-7-16-12(8-11)18-13(19(25)26-16)9-21-23(18)10-17(24)22-15-5-3-2-4-14(15)20/h2-9H,10H2,1H3,(H,22,24). The number of benzene rings is 2. The number of carbonyl (C=O) groups is 1.